The molecule has 0 saturated carbocycles. The number of benzene rings is 1. The maximum Gasteiger partial charge on any atom is 0.0724 e. The van der Waals surface area contributed by atoms with Crippen LogP contribution in [0.2, 0.25) is 0 Å². The van der Waals surface area contributed by atoms with Gasteiger partial charge in [-0.05, 0) is 22.1 Å². The fourth-order valence-corrected chi connectivity index (χ4v) is 3.00. The lowest BCUT2D eigenvalue weighted by Crippen LogP contribution is -2.13. The molecule has 0 spiro atoms. The van der Waals surface area contributed by atoms with Crippen LogP contribution >= 0.6 is 22.5 Å². The first kappa shape index (κ1) is 15.9. The van der Waals surface area contributed by atoms with Crippen LogP contribution in [0.25, 0.3) is 0 Å². The summed E-state index contributed by atoms with van der Waals surface area (Å²) in [5, 5.41) is 0. The quantitative estimate of drug-likeness (QED) is 0.646. The average molecular weight is 286 g/mol. The van der Waals surface area contributed by atoms with Gasteiger partial charge in [-0.25, -0.2) is 0 Å². The molecule has 0 aliphatic rings. The van der Waals surface area contributed by atoms with E-state index in [-0.39, 0.29) is 5.41 Å². The summed E-state index contributed by atoms with van der Waals surface area (Å²) in [4.78, 5) is 1.15. The van der Waals surface area contributed by atoms with Crippen molar-refractivity contribution in [2.75, 3.05) is 14.2 Å². The van der Waals surface area contributed by atoms with Crippen molar-refractivity contribution in [2.24, 2.45) is 0 Å². The SMILES string of the molecule is COCc1cc(C(C)(C)C)cc(COC)c1SS. The molecule has 2 nitrogen and oxygen atoms in total. The predicted octanol–water partition coefficient (Wildman–Crippen LogP) is 4.21. The van der Waals surface area contributed by atoms with Crippen LogP contribution in [0.3, 0.4) is 0 Å². The van der Waals surface area contributed by atoms with E-state index in [2.05, 4.69) is 44.6 Å². The molecule has 0 unspecified atom stereocenters. The van der Waals surface area contributed by atoms with Crippen molar-refractivity contribution >= 4 is 22.5 Å². The lowest BCUT2D eigenvalue weighted by molar-refractivity contribution is 0.176. The van der Waals surface area contributed by atoms with Crippen molar-refractivity contribution in [3.05, 3.63) is 28.8 Å². The number of methoxy groups -OCH3 is 2. The van der Waals surface area contributed by atoms with E-state index in [0.29, 0.717) is 13.2 Å². The Balaban J connectivity index is 3.33. The first-order chi connectivity index (χ1) is 8.43. The highest BCUT2D eigenvalue weighted by Gasteiger charge is 2.18. The van der Waals surface area contributed by atoms with Gasteiger partial charge in [0.2, 0.25) is 0 Å². The minimum atomic E-state index is 0.116. The van der Waals surface area contributed by atoms with Gasteiger partial charge in [-0.15, -0.1) is 11.7 Å². The molecular formula is C14H22O2S2. The van der Waals surface area contributed by atoms with Crippen LogP contribution in [0.4, 0.5) is 0 Å². The standard InChI is InChI=1S/C14H22O2S2/c1-14(2,3)12-6-10(8-15-4)13(18-17)11(7-12)9-16-5/h6-7,17H,8-9H2,1-5H3. The maximum atomic E-state index is 5.28. The van der Waals surface area contributed by atoms with Crippen molar-refractivity contribution in [3.8, 4) is 0 Å². The molecule has 0 saturated heterocycles. The first-order valence-corrected chi connectivity index (χ1v) is 7.76. The van der Waals surface area contributed by atoms with Gasteiger partial charge in [0.25, 0.3) is 0 Å². The molecule has 18 heavy (non-hydrogen) atoms. The van der Waals surface area contributed by atoms with Crippen LogP contribution in [-0.4, -0.2) is 14.2 Å². The summed E-state index contributed by atoms with van der Waals surface area (Å²) in [6, 6.07) is 4.42. The van der Waals surface area contributed by atoms with Crippen molar-refractivity contribution in [1.82, 2.24) is 0 Å². The minimum Gasteiger partial charge on any atom is -0.380 e. The van der Waals surface area contributed by atoms with E-state index < -0.39 is 0 Å². The summed E-state index contributed by atoms with van der Waals surface area (Å²) in [5.74, 6) is 0. The monoisotopic (exact) mass is 286 g/mol. The van der Waals surface area contributed by atoms with Gasteiger partial charge < -0.3 is 9.47 Å². The van der Waals surface area contributed by atoms with Gasteiger partial charge in [0, 0.05) is 19.1 Å². The van der Waals surface area contributed by atoms with Crippen LogP contribution in [0, 0.1) is 0 Å². The van der Waals surface area contributed by atoms with E-state index in [1.165, 1.54) is 27.5 Å². The molecular weight excluding hydrogens is 264 g/mol. The number of thiol groups is 1. The van der Waals surface area contributed by atoms with Gasteiger partial charge in [0.05, 0.1) is 13.2 Å². The van der Waals surface area contributed by atoms with E-state index >= 15 is 0 Å². The van der Waals surface area contributed by atoms with Crippen LogP contribution in [0.15, 0.2) is 17.0 Å². The summed E-state index contributed by atoms with van der Waals surface area (Å²) < 4.78 is 10.6. The highest BCUT2D eigenvalue weighted by Crippen LogP contribution is 2.35. The molecule has 0 radical (unpaired) electrons. The smallest absolute Gasteiger partial charge is 0.0724 e. The Morgan fingerprint density at radius 3 is 1.78 bits per heavy atom. The number of hydrogen-bond acceptors (Lipinski definition) is 4. The molecule has 4 heteroatoms. The van der Waals surface area contributed by atoms with E-state index in [1.807, 2.05) is 0 Å². The second-order valence-electron chi connectivity index (χ2n) is 5.33. The summed E-state index contributed by atoms with van der Waals surface area (Å²) in [7, 11) is 4.89. The van der Waals surface area contributed by atoms with Gasteiger partial charge in [-0.1, -0.05) is 43.7 Å². The fraction of sp³-hybridized carbons (Fsp3) is 0.571. The van der Waals surface area contributed by atoms with Crippen molar-refractivity contribution < 1.29 is 9.47 Å². The zero-order chi connectivity index (χ0) is 13.8. The topological polar surface area (TPSA) is 18.5 Å². The normalized spacial score (nSPS) is 11.9. The number of ether oxygens (including phenoxy) is 2. The number of hydrogen-bond donors (Lipinski definition) is 1. The second-order valence-corrected chi connectivity index (χ2v) is 6.47. The molecule has 0 N–H and O–H groups in total. The van der Waals surface area contributed by atoms with Gasteiger partial charge >= 0.3 is 0 Å². The van der Waals surface area contributed by atoms with E-state index in [4.69, 9.17) is 9.47 Å². The third-order valence-electron chi connectivity index (χ3n) is 2.80. The van der Waals surface area contributed by atoms with Gasteiger partial charge in [0.15, 0.2) is 0 Å². The zero-order valence-electron chi connectivity index (χ0n) is 11.7. The molecule has 0 aliphatic carbocycles. The van der Waals surface area contributed by atoms with Crippen molar-refractivity contribution in [2.45, 2.75) is 44.3 Å². The fourth-order valence-electron chi connectivity index (χ4n) is 1.83. The third kappa shape index (κ3) is 3.92. The van der Waals surface area contributed by atoms with Crippen LogP contribution in [0.1, 0.15) is 37.5 Å². The Morgan fingerprint density at radius 1 is 1.06 bits per heavy atom. The predicted molar refractivity (Wildman–Crippen MR) is 81.4 cm³/mol. The van der Waals surface area contributed by atoms with Crippen LogP contribution in [-0.2, 0) is 28.1 Å². The zero-order valence-corrected chi connectivity index (χ0v) is 13.5. The van der Waals surface area contributed by atoms with Gasteiger partial charge in [-0.2, -0.15) is 0 Å². The van der Waals surface area contributed by atoms with Crippen molar-refractivity contribution in [3.63, 3.8) is 0 Å². The summed E-state index contributed by atoms with van der Waals surface area (Å²) >= 11 is 4.35. The molecule has 102 valence electrons. The van der Waals surface area contributed by atoms with Crippen LogP contribution in [0.5, 0.6) is 0 Å². The Kier molecular flexibility index (Phi) is 6.05. The molecule has 0 fully saturated rings. The van der Waals surface area contributed by atoms with Gasteiger partial charge in [-0.3, -0.25) is 0 Å². The van der Waals surface area contributed by atoms with Gasteiger partial charge in [0.1, 0.15) is 0 Å². The molecule has 0 amide bonds. The second kappa shape index (κ2) is 6.85. The van der Waals surface area contributed by atoms with E-state index in [1.54, 1.807) is 14.2 Å². The largest absolute Gasteiger partial charge is 0.380 e. The third-order valence-corrected chi connectivity index (χ3v) is 4.05. The van der Waals surface area contributed by atoms with Crippen molar-refractivity contribution in [1.29, 1.82) is 0 Å². The molecule has 0 aromatic heterocycles. The molecule has 0 heterocycles. The Labute approximate surface area is 119 Å². The molecule has 0 atom stereocenters. The molecule has 1 rings (SSSR count). The average Bonchev–Trinajstić information content (AvgIpc) is 2.28. The molecule has 1 aromatic rings. The summed E-state index contributed by atoms with van der Waals surface area (Å²) in [6.45, 7) is 7.84. The molecule has 0 aliphatic heterocycles. The minimum absolute atomic E-state index is 0.116. The summed E-state index contributed by atoms with van der Waals surface area (Å²) in [5.41, 5.74) is 3.77. The Morgan fingerprint density at radius 2 is 1.50 bits per heavy atom. The Bertz CT molecular complexity index is 370. The first-order valence-electron chi connectivity index (χ1n) is 5.89. The van der Waals surface area contributed by atoms with E-state index in [0.717, 1.165) is 4.90 Å². The van der Waals surface area contributed by atoms with Crippen LogP contribution < -0.4 is 0 Å². The molecule has 0 bridgehead atoms. The molecule has 1 aromatic carbocycles. The lowest BCUT2D eigenvalue weighted by atomic mass is 9.85. The summed E-state index contributed by atoms with van der Waals surface area (Å²) in [6.07, 6.45) is 0. The Hall–Kier alpha value is -0.160. The highest BCUT2D eigenvalue weighted by molar-refractivity contribution is 8.68. The number of rotatable bonds is 5. The highest BCUT2D eigenvalue weighted by atomic mass is 33.1. The maximum absolute atomic E-state index is 5.28. The lowest BCUT2D eigenvalue weighted by Gasteiger charge is -2.23. The van der Waals surface area contributed by atoms with E-state index in [9.17, 15) is 0 Å².